The van der Waals surface area contributed by atoms with Crippen LogP contribution in [0.5, 0.6) is 5.75 Å². The highest BCUT2D eigenvalue weighted by Crippen LogP contribution is 2.35. The van der Waals surface area contributed by atoms with Gasteiger partial charge in [0.2, 0.25) is 10.8 Å². The molecule has 2 aromatic rings. The van der Waals surface area contributed by atoms with Gasteiger partial charge in [0.1, 0.15) is 17.2 Å². The monoisotopic (exact) mass is 444 g/mol. The van der Waals surface area contributed by atoms with Crippen molar-refractivity contribution in [1.82, 2.24) is 9.97 Å². The maximum absolute atomic E-state index is 12.6. The van der Waals surface area contributed by atoms with Crippen molar-refractivity contribution in [3.8, 4) is 5.75 Å². The first-order chi connectivity index (χ1) is 15.0. The molecule has 0 bridgehead atoms. The van der Waals surface area contributed by atoms with Gasteiger partial charge in [-0.1, -0.05) is 26.0 Å². The van der Waals surface area contributed by atoms with Gasteiger partial charge in [0.25, 0.3) is 0 Å². The Balaban J connectivity index is 1.51. The van der Waals surface area contributed by atoms with E-state index in [0.717, 1.165) is 42.3 Å². The fourth-order valence-corrected chi connectivity index (χ4v) is 5.62. The van der Waals surface area contributed by atoms with Crippen LogP contribution in [0.2, 0.25) is 0 Å². The molecule has 168 valence electrons. The molecular formula is C23H32N4O3S. The molecule has 1 fully saturated rings. The van der Waals surface area contributed by atoms with Crippen molar-refractivity contribution >= 4 is 22.9 Å². The number of nitrogens with zero attached hydrogens (tertiary/aromatic N) is 3. The van der Waals surface area contributed by atoms with Crippen LogP contribution in [0.4, 0.5) is 11.8 Å². The largest absolute Gasteiger partial charge is 0.611 e. The minimum atomic E-state index is -1.09. The van der Waals surface area contributed by atoms with Gasteiger partial charge in [0.05, 0.1) is 19.8 Å². The van der Waals surface area contributed by atoms with Crippen molar-refractivity contribution in [2.24, 2.45) is 5.92 Å². The molecule has 0 spiro atoms. The average Bonchev–Trinajstić information content (AvgIpc) is 3.18. The first-order valence-corrected chi connectivity index (χ1v) is 12.4. The summed E-state index contributed by atoms with van der Waals surface area (Å²) in [5.74, 6) is 3.55. The van der Waals surface area contributed by atoms with Gasteiger partial charge >= 0.3 is 0 Å². The van der Waals surface area contributed by atoms with Gasteiger partial charge in [-0.2, -0.15) is 4.98 Å². The molecule has 1 aromatic carbocycles. The molecular weight excluding hydrogens is 412 g/mol. The predicted molar refractivity (Wildman–Crippen MR) is 124 cm³/mol. The molecule has 0 radical (unpaired) electrons. The first kappa shape index (κ1) is 22.2. The normalized spacial score (nSPS) is 20.1. The number of aryl methyl sites for hydroxylation is 1. The SMILES string of the molecule is COc1ccc(C2CCN(c3nc4c(c(N[C@@H](CO)C(C)C)n3)[S+]([O-])CC4)CC2)cc1. The smallest absolute Gasteiger partial charge is 0.227 e. The Hall–Kier alpha value is -2.03. The molecule has 31 heavy (non-hydrogen) atoms. The molecule has 2 N–H and O–H groups in total. The Kier molecular flexibility index (Phi) is 6.89. The average molecular weight is 445 g/mol. The lowest BCUT2D eigenvalue weighted by Gasteiger charge is -2.33. The lowest BCUT2D eigenvalue weighted by atomic mass is 9.89. The number of fused-ring (bicyclic) bond motifs is 1. The van der Waals surface area contributed by atoms with E-state index in [2.05, 4.69) is 36.2 Å². The second kappa shape index (κ2) is 9.63. The van der Waals surface area contributed by atoms with E-state index in [4.69, 9.17) is 14.7 Å². The van der Waals surface area contributed by atoms with Gasteiger partial charge in [-0.3, -0.25) is 0 Å². The van der Waals surface area contributed by atoms with Crippen LogP contribution in [-0.4, -0.2) is 58.2 Å². The summed E-state index contributed by atoms with van der Waals surface area (Å²) in [5, 5.41) is 13.1. The highest BCUT2D eigenvalue weighted by molar-refractivity contribution is 7.91. The van der Waals surface area contributed by atoms with E-state index in [-0.39, 0.29) is 18.6 Å². The molecule has 8 heteroatoms. The lowest BCUT2D eigenvalue weighted by molar-refractivity contribution is 0.248. The summed E-state index contributed by atoms with van der Waals surface area (Å²) in [6.07, 6.45) is 2.78. The van der Waals surface area contributed by atoms with Crippen LogP contribution < -0.4 is 15.0 Å². The van der Waals surface area contributed by atoms with E-state index in [1.54, 1.807) is 7.11 Å². The van der Waals surface area contributed by atoms with Crippen LogP contribution in [0.25, 0.3) is 0 Å². The third-order valence-corrected chi connectivity index (χ3v) is 7.82. The summed E-state index contributed by atoms with van der Waals surface area (Å²) in [4.78, 5) is 12.5. The molecule has 2 aliphatic rings. The van der Waals surface area contributed by atoms with Crippen LogP contribution in [0.15, 0.2) is 29.2 Å². The summed E-state index contributed by atoms with van der Waals surface area (Å²) >= 11 is -1.09. The summed E-state index contributed by atoms with van der Waals surface area (Å²) < 4.78 is 17.8. The number of aliphatic hydroxyl groups excluding tert-OH is 1. The molecule has 2 aliphatic heterocycles. The van der Waals surface area contributed by atoms with Crippen LogP contribution in [0.1, 0.15) is 43.9 Å². The van der Waals surface area contributed by atoms with Gasteiger partial charge < -0.3 is 24.6 Å². The van der Waals surface area contributed by atoms with Crippen molar-refractivity contribution in [3.63, 3.8) is 0 Å². The number of ether oxygens (including phenoxy) is 1. The van der Waals surface area contributed by atoms with E-state index in [1.807, 2.05) is 12.1 Å². The number of anilines is 2. The van der Waals surface area contributed by atoms with E-state index >= 15 is 0 Å². The van der Waals surface area contributed by atoms with Crippen molar-refractivity contribution in [3.05, 3.63) is 35.5 Å². The van der Waals surface area contributed by atoms with Crippen molar-refractivity contribution < 1.29 is 14.4 Å². The number of hydrogen-bond donors (Lipinski definition) is 2. The number of rotatable bonds is 7. The highest BCUT2D eigenvalue weighted by Gasteiger charge is 2.34. The molecule has 1 saturated heterocycles. The van der Waals surface area contributed by atoms with E-state index in [9.17, 15) is 9.66 Å². The maximum Gasteiger partial charge on any atom is 0.227 e. The number of aromatic nitrogens is 2. The molecule has 3 heterocycles. The second-order valence-electron chi connectivity index (χ2n) is 8.66. The Morgan fingerprint density at radius 3 is 2.55 bits per heavy atom. The third kappa shape index (κ3) is 4.76. The van der Waals surface area contributed by atoms with Crippen LogP contribution in [0.3, 0.4) is 0 Å². The second-order valence-corrected chi connectivity index (χ2v) is 10.2. The summed E-state index contributed by atoms with van der Waals surface area (Å²) in [6.45, 7) is 5.87. The molecule has 2 atom stereocenters. The van der Waals surface area contributed by atoms with Gasteiger partial charge in [0, 0.05) is 19.5 Å². The molecule has 0 saturated carbocycles. The Morgan fingerprint density at radius 1 is 1.23 bits per heavy atom. The Labute approximate surface area is 187 Å². The number of methoxy groups -OCH3 is 1. The van der Waals surface area contributed by atoms with Gasteiger partial charge in [-0.15, -0.1) is 0 Å². The molecule has 0 aliphatic carbocycles. The zero-order chi connectivity index (χ0) is 22.0. The van der Waals surface area contributed by atoms with Crippen LogP contribution in [-0.2, 0) is 17.6 Å². The number of benzene rings is 1. The lowest BCUT2D eigenvalue weighted by Crippen LogP contribution is -2.35. The quantitative estimate of drug-likeness (QED) is 0.634. The number of hydrogen-bond acceptors (Lipinski definition) is 7. The van der Waals surface area contributed by atoms with Gasteiger partial charge in [0.15, 0.2) is 5.82 Å². The minimum Gasteiger partial charge on any atom is -0.611 e. The van der Waals surface area contributed by atoms with Gasteiger partial charge in [-0.05, 0) is 53.5 Å². The Bertz CT molecular complexity index is 885. The third-order valence-electron chi connectivity index (χ3n) is 6.36. The summed E-state index contributed by atoms with van der Waals surface area (Å²) in [5.41, 5.74) is 2.22. The van der Waals surface area contributed by atoms with E-state index in [0.29, 0.717) is 29.9 Å². The van der Waals surface area contributed by atoms with Gasteiger partial charge in [-0.25, -0.2) is 4.98 Å². The number of piperidine rings is 1. The minimum absolute atomic E-state index is 0.00562. The highest BCUT2D eigenvalue weighted by atomic mass is 32.2. The summed E-state index contributed by atoms with van der Waals surface area (Å²) in [6, 6.07) is 8.23. The van der Waals surface area contributed by atoms with E-state index < -0.39 is 11.2 Å². The topological polar surface area (TPSA) is 93.6 Å². The molecule has 4 rings (SSSR count). The fraction of sp³-hybridized carbons (Fsp3) is 0.565. The molecule has 7 nitrogen and oxygen atoms in total. The summed E-state index contributed by atoms with van der Waals surface area (Å²) in [7, 11) is 1.69. The maximum atomic E-state index is 12.6. The van der Waals surface area contributed by atoms with Crippen LogP contribution in [0, 0.1) is 5.92 Å². The zero-order valence-electron chi connectivity index (χ0n) is 18.5. The van der Waals surface area contributed by atoms with Crippen molar-refractivity contribution in [2.75, 3.05) is 42.8 Å². The fourth-order valence-electron chi connectivity index (χ4n) is 4.31. The Morgan fingerprint density at radius 2 is 1.94 bits per heavy atom. The number of nitrogens with one attached hydrogen (secondary N) is 1. The predicted octanol–water partition coefficient (Wildman–Crippen LogP) is 2.96. The molecule has 1 aromatic heterocycles. The van der Waals surface area contributed by atoms with E-state index in [1.165, 1.54) is 5.56 Å². The van der Waals surface area contributed by atoms with Crippen molar-refractivity contribution in [1.29, 1.82) is 0 Å². The van der Waals surface area contributed by atoms with Crippen molar-refractivity contribution in [2.45, 2.75) is 50.0 Å². The number of aliphatic hydroxyl groups is 1. The van der Waals surface area contributed by atoms with Crippen LogP contribution >= 0.6 is 0 Å². The standard InChI is InChI=1S/C23H32N4O3S/c1-15(2)20(14-28)24-22-21-19(10-13-31(21)29)25-23(26-22)27-11-8-17(9-12-27)16-4-6-18(30-3)7-5-16/h4-7,15,17,20,28H,8-14H2,1-3H3,(H,24,25,26)/t20-,31?/m0/s1. The first-order valence-electron chi connectivity index (χ1n) is 11.1. The zero-order valence-corrected chi connectivity index (χ0v) is 19.3. The molecule has 0 amide bonds. The molecule has 1 unspecified atom stereocenters.